The fraction of sp³-hybridized carbons (Fsp3) is 0.160. The van der Waals surface area contributed by atoms with Crippen LogP contribution in [0.25, 0.3) is 11.0 Å². The highest BCUT2D eigenvalue weighted by Crippen LogP contribution is 2.20. The van der Waals surface area contributed by atoms with Gasteiger partial charge < -0.3 is 14.2 Å². The number of para-hydroxylation sites is 1. The van der Waals surface area contributed by atoms with E-state index >= 15 is 0 Å². The summed E-state index contributed by atoms with van der Waals surface area (Å²) in [7, 11) is 0. The Morgan fingerprint density at radius 3 is 2.55 bits per heavy atom. The number of aromatic nitrogens is 1. The lowest BCUT2D eigenvalue weighted by atomic mass is 10.1. The molecule has 0 atom stereocenters. The van der Waals surface area contributed by atoms with Crippen LogP contribution in [0.1, 0.15) is 16.8 Å². The van der Waals surface area contributed by atoms with Gasteiger partial charge in [0.25, 0.3) is 5.91 Å². The molecular formula is C25H22N2O4. The van der Waals surface area contributed by atoms with E-state index in [-0.39, 0.29) is 18.9 Å². The van der Waals surface area contributed by atoms with Crippen molar-refractivity contribution in [1.29, 1.82) is 0 Å². The van der Waals surface area contributed by atoms with Crippen LogP contribution in [0.2, 0.25) is 0 Å². The van der Waals surface area contributed by atoms with Crippen LogP contribution in [-0.2, 0) is 27.3 Å². The molecule has 31 heavy (non-hydrogen) atoms. The summed E-state index contributed by atoms with van der Waals surface area (Å²) in [6.45, 7) is 2.00. The molecule has 0 bridgehead atoms. The van der Waals surface area contributed by atoms with E-state index < -0.39 is 5.97 Å². The van der Waals surface area contributed by atoms with E-state index in [0.717, 1.165) is 22.2 Å². The van der Waals surface area contributed by atoms with Gasteiger partial charge in [0.1, 0.15) is 5.69 Å². The smallest absolute Gasteiger partial charge is 0.312 e. The van der Waals surface area contributed by atoms with Crippen molar-refractivity contribution in [3.8, 4) is 0 Å². The van der Waals surface area contributed by atoms with Gasteiger partial charge in [-0.3, -0.25) is 9.59 Å². The molecule has 0 saturated heterocycles. The average molecular weight is 414 g/mol. The van der Waals surface area contributed by atoms with Crippen molar-refractivity contribution >= 4 is 28.5 Å². The summed E-state index contributed by atoms with van der Waals surface area (Å²) in [4.78, 5) is 27.0. The van der Waals surface area contributed by atoms with Gasteiger partial charge in [0.15, 0.2) is 12.2 Å². The summed E-state index contributed by atoms with van der Waals surface area (Å²) in [5.74, 6) is -0.830. The number of amides is 1. The quantitative estimate of drug-likeness (QED) is 0.418. The van der Waals surface area contributed by atoms with Gasteiger partial charge >= 0.3 is 5.97 Å². The van der Waals surface area contributed by atoms with Crippen LogP contribution < -0.4 is 4.90 Å². The maximum atomic E-state index is 13.0. The third-order valence-corrected chi connectivity index (χ3v) is 4.92. The third kappa shape index (κ3) is 4.98. The minimum absolute atomic E-state index is 0.0621. The summed E-state index contributed by atoms with van der Waals surface area (Å²) in [6.07, 6.45) is -0.0621. The molecule has 1 aromatic heterocycles. The first-order chi connectivity index (χ1) is 15.1. The van der Waals surface area contributed by atoms with Crippen molar-refractivity contribution in [2.45, 2.75) is 19.9 Å². The molecule has 0 aliphatic rings. The number of carbonyl (C=O) groups is 2. The zero-order valence-corrected chi connectivity index (χ0v) is 17.2. The van der Waals surface area contributed by atoms with Crippen molar-refractivity contribution < 1.29 is 18.8 Å². The molecule has 0 aliphatic heterocycles. The topological polar surface area (TPSA) is 72.6 Å². The standard InChI is InChI=1S/C25H22N2O4/c1-18-8-7-11-20(14-18)27(16-19-9-3-2-4-10-19)24(28)17-30-25(29)15-22-21-12-5-6-13-23(21)31-26-22/h2-14H,15-17H2,1H3. The SMILES string of the molecule is Cc1cccc(N(Cc2ccccc2)C(=O)COC(=O)Cc2noc3ccccc23)c1. The van der Waals surface area contributed by atoms with E-state index in [1.54, 1.807) is 11.0 Å². The second-order valence-electron chi connectivity index (χ2n) is 7.27. The van der Waals surface area contributed by atoms with Crippen molar-refractivity contribution in [1.82, 2.24) is 5.16 Å². The molecule has 4 aromatic rings. The van der Waals surface area contributed by atoms with Gasteiger partial charge in [-0.15, -0.1) is 0 Å². The van der Waals surface area contributed by atoms with E-state index in [9.17, 15) is 9.59 Å². The highest BCUT2D eigenvalue weighted by atomic mass is 16.5. The molecule has 0 aliphatic carbocycles. The van der Waals surface area contributed by atoms with Gasteiger partial charge in [-0.2, -0.15) is 0 Å². The van der Waals surface area contributed by atoms with E-state index in [0.29, 0.717) is 17.8 Å². The molecule has 3 aromatic carbocycles. The zero-order chi connectivity index (χ0) is 21.6. The van der Waals surface area contributed by atoms with Crippen molar-refractivity contribution in [2.24, 2.45) is 0 Å². The van der Waals surface area contributed by atoms with Crippen LogP contribution in [0.3, 0.4) is 0 Å². The largest absolute Gasteiger partial charge is 0.455 e. The predicted molar refractivity (Wildman–Crippen MR) is 117 cm³/mol. The Morgan fingerprint density at radius 1 is 0.968 bits per heavy atom. The number of carbonyl (C=O) groups excluding carboxylic acids is 2. The lowest BCUT2D eigenvalue weighted by molar-refractivity contribution is -0.147. The molecule has 156 valence electrons. The zero-order valence-electron chi connectivity index (χ0n) is 17.2. The van der Waals surface area contributed by atoms with Gasteiger partial charge in [-0.05, 0) is 42.3 Å². The molecule has 0 saturated carbocycles. The normalized spacial score (nSPS) is 10.7. The minimum atomic E-state index is -0.531. The Balaban J connectivity index is 1.44. The first kappa shape index (κ1) is 20.3. The first-order valence-electron chi connectivity index (χ1n) is 10.00. The summed E-state index contributed by atoms with van der Waals surface area (Å²) in [6, 6.07) is 24.7. The first-order valence-corrected chi connectivity index (χ1v) is 10.00. The Hall–Kier alpha value is -3.93. The number of benzene rings is 3. The number of hydrogen-bond donors (Lipinski definition) is 0. The van der Waals surface area contributed by atoms with Crippen molar-refractivity contribution in [2.75, 3.05) is 11.5 Å². The third-order valence-electron chi connectivity index (χ3n) is 4.92. The highest BCUT2D eigenvalue weighted by molar-refractivity contribution is 5.95. The number of nitrogens with zero attached hydrogens (tertiary/aromatic N) is 2. The summed E-state index contributed by atoms with van der Waals surface area (Å²) in [5.41, 5.74) is 3.88. The Labute approximate surface area is 180 Å². The van der Waals surface area contributed by atoms with Crippen LogP contribution >= 0.6 is 0 Å². The van der Waals surface area contributed by atoms with Gasteiger partial charge in [0, 0.05) is 11.1 Å². The molecule has 6 heteroatoms. The summed E-state index contributed by atoms with van der Waals surface area (Å²) < 4.78 is 10.5. The van der Waals surface area contributed by atoms with Gasteiger partial charge in [0.05, 0.1) is 13.0 Å². The van der Waals surface area contributed by atoms with Crippen molar-refractivity contribution in [3.63, 3.8) is 0 Å². The van der Waals surface area contributed by atoms with E-state index in [2.05, 4.69) is 5.16 Å². The van der Waals surface area contributed by atoms with Crippen LogP contribution in [0, 0.1) is 6.92 Å². The fourth-order valence-electron chi connectivity index (χ4n) is 3.36. The van der Waals surface area contributed by atoms with Crippen LogP contribution in [-0.4, -0.2) is 23.6 Å². The van der Waals surface area contributed by atoms with Crippen LogP contribution in [0.15, 0.2) is 83.4 Å². The fourth-order valence-corrected chi connectivity index (χ4v) is 3.36. The van der Waals surface area contributed by atoms with Crippen LogP contribution in [0.5, 0.6) is 0 Å². The number of hydrogen-bond acceptors (Lipinski definition) is 5. The second kappa shape index (κ2) is 9.26. The molecule has 4 rings (SSSR count). The predicted octanol–water partition coefficient (Wildman–Crippen LogP) is 4.46. The van der Waals surface area contributed by atoms with Gasteiger partial charge in [0.2, 0.25) is 0 Å². The summed E-state index contributed by atoms with van der Waals surface area (Å²) in [5, 5.41) is 4.70. The minimum Gasteiger partial charge on any atom is -0.455 e. The van der Waals surface area contributed by atoms with Gasteiger partial charge in [-0.25, -0.2) is 0 Å². The number of ether oxygens (including phenoxy) is 1. The maximum Gasteiger partial charge on any atom is 0.312 e. The molecule has 0 fully saturated rings. The number of esters is 1. The summed E-state index contributed by atoms with van der Waals surface area (Å²) >= 11 is 0. The maximum absolute atomic E-state index is 13.0. The molecule has 0 unspecified atom stereocenters. The molecule has 6 nitrogen and oxygen atoms in total. The van der Waals surface area contributed by atoms with Crippen LogP contribution in [0.4, 0.5) is 5.69 Å². The molecule has 1 amide bonds. The molecule has 0 radical (unpaired) electrons. The Kier molecular flexibility index (Phi) is 6.08. The molecule has 1 heterocycles. The number of fused-ring (bicyclic) bond motifs is 1. The van der Waals surface area contributed by atoms with Gasteiger partial charge in [-0.1, -0.05) is 59.8 Å². The molecular weight excluding hydrogens is 392 g/mol. The van der Waals surface area contributed by atoms with E-state index in [1.807, 2.05) is 79.7 Å². The van der Waals surface area contributed by atoms with E-state index in [4.69, 9.17) is 9.26 Å². The lowest BCUT2D eigenvalue weighted by Crippen LogP contribution is -2.34. The van der Waals surface area contributed by atoms with E-state index in [1.165, 1.54) is 0 Å². The second-order valence-corrected chi connectivity index (χ2v) is 7.27. The average Bonchev–Trinajstić information content (AvgIpc) is 3.19. The lowest BCUT2D eigenvalue weighted by Gasteiger charge is -2.23. The molecule has 0 spiro atoms. The number of aryl methyl sites for hydroxylation is 1. The Morgan fingerprint density at radius 2 is 1.74 bits per heavy atom. The Bertz CT molecular complexity index is 1200. The molecule has 0 N–H and O–H groups in total. The number of rotatable bonds is 7. The number of anilines is 1. The monoisotopic (exact) mass is 414 g/mol. The highest BCUT2D eigenvalue weighted by Gasteiger charge is 2.20. The van der Waals surface area contributed by atoms with Crippen molar-refractivity contribution in [3.05, 3.63) is 95.7 Å².